The summed E-state index contributed by atoms with van der Waals surface area (Å²) in [5.74, 6) is 0. The fourth-order valence-corrected chi connectivity index (χ4v) is 8.02. The van der Waals surface area contributed by atoms with E-state index >= 15 is 0 Å². The van der Waals surface area contributed by atoms with Gasteiger partial charge < -0.3 is 4.90 Å². The van der Waals surface area contributed by atoms with Crippen LogP contribution in [0.1, 0.15) is 0 Å². The van der Waals surface area contributed by atoms with Crippen molar-refractivity contribution in [2.24, 2.45) is 0 Å². The summed E-state index contributed by atoms with van der Waals surface area (Å²) in [4.78, 5) is 2.42. The molecule has 0 saturated heterocycles. The van der Waals surface area contributed by atoms with Crippen LogP contribution in [-0.2, 0) is 0 Å². The van der Waals surface area contributed by atoms with Crippen LogP contribution in [0.5, 0.6) is 0 Å². The highest BCUT2D eigenvalue weighted by molar-refractivity contribution is 7.27. The Morgan fingerprint density at radius 1 is 0.405 bits per heavy atom. The number of thiophene rings is 2. The van der Waals surface area contributed by atoms with Crippen LogP contribution >= 0.6 is 22.7 Å². The Labute approximate surface area is 222 Å². The third-order valence-electron chi connectivity index (χ3n) is 7.24. The number of hydrogen-bond acceptors (Lipinski definition) is 3. The number of nitrogens with zero attached hydrogens (tertiary/aromatic N) is 1. The Bertz CT molecular complexity index is 2100. The molecule has 0 spiro atoms. The smallest absolute Gasteiger partial charge is 0.0640 e. The van der Waals surface area contributed by atoms with E-state index in [2.05, 4.69) is 132 Å². The van der Waals surface area contributed by atoms with Crippen LogP contribution in [0, 0.1) is 0 Å². The molecule has 0 amide bonds. The second kappa shape index (κ2) is 8.17. The lowest BCUT2D eigenvalue weighted by Gasteiger charge is -2.26. The van der Waals surface area contributed by atoms with Crippen molar-refractivity contribution in [1.82, 2.24) is 0 Å². The molecule has 8 rings (SSSR count). The van der Waals surface area contributed by atoms with E-state index in [0.717, 1.165) is 5.69 Å². The Morgan fingerprint density at radius 3 is 2.03 bits per heavy atom. The lowest BCUT2D eigenvalue weighted by atomic mass is 10.1. The van der Waals surface area contributed by atoms with Gasteiger partial charge in [-0.1, -0.05) is 91.0 Å². The molecule has 6 aromatic carbocycles. The van der Waals surface area contributed by atoms with Gasteiger partial charge in [-0.25, -0.2) is 0 Å². The van der Waals surface area contributed by atoms with Gasteiger partial charge in [-0.2, -0.15) is 0 Å². The molecule has 0 atom stereocenters. The highest BCUT2D eigenvalue weighted by Crippen LogP contribution is 2.47. The molecule has 0 bridgehead atoms. The summed E-state index contributed by atoms with van der Waals surface area (Å²) in [5, 5.41) is 7.91. The van der Waals surface area contributed by atoms with Gasteiger partial charge in [0.25, 0.3) is 0 Å². The van der Waals surface area contributed by atoms with E-state index in [-0.39, 0.29) is 0 Å². The zero-order valence-electron chi connectivity index (χ0n) is 19.9. The van der Waals surface area contributed by atoms with Gasteiger partial charge in [0.05, 0.1) is 10.4 Å². The van der Waals surface area contributed by atoms with E-state index in [1.807, 2.05) is 22.7 Å². The minimum atomic E-state index is 1.16. The summed E-state index contributed by atoms with van der Waals surface area (Å²) in [6, 6.07) is 46.4. The number of para-hydroxylation sites is 1. The third-order valence-corrected chi connectivity index (χ3v) is 9.65. The van der Waals surface area contributed by atoms with Gasteiger partial charge >= 0.3 is 0 Å². The molecule has 1 nitrogen and oxygen atoms in total. The fourth-order valence-electron chi connectivity index (χ4n) is 5.55. The first-order chi connectivity index (χ1) is 18.3. The average Bonchev–Trinajstić information content (AvgIpc) is 3.53. The predicted octanol–water partition coefficient (Wildman–Crippen LogP) is 11.0. The summed E-state index contributed by atoms with van der Waals surface area (Å²) in [7, 11) is 0. The van der Waals surface area contributed by atoms with Crippen molar-refractivity contribution in [2.75, 3.05) is 4.90 Å². The van der Waals surface area contributed by atoms with Gasteiger partial charge in [0.1, 0.15) is 0 Å². The molecule has 2 aromatic heterocycles. The molecule has 0 radical (unpaired) electrons. The number of anilines is 3. The van der Waals surface area contributed by atoms with Crippen molar-refractivity contribution >= 4 is 90.9 Å². The Hall–Kier alpha value is -4.18. The van der Waals surface area contributed by atoms with Crippen LogP contribution in [0.2, 0.25) is 0 Å². The third kappa shape index (κ3) is 3.21. The van der Waals surface area contributed by atoms with E-state index in [4.69, 9.17) is 0 Å². The molecule has 0 fully saturated rings. The molecule has 0 N–H and O–H groups in total. The van der Waals surface area contributed by atoms with E-state index in [0.29, 0.717) is 0 Å². The topological polar surface area (TPSA) is 3.24 Å². The van der Waals surface area contributed by atoms with Crippen molar-refractivity contribution in [3.8, 4) is 0 Å². The molecule has 2 heterocycles. The van der Waals surface area contributed by atoms with Crippen molar-refractivity contribution < 1.29 is 0 Å². The fraction of sp³-hybridized carbons (Fsp3) is 0. The quantitative estimate of drug-likeness (QED) is 0.230. The molecule has 37 heavy (non-hydrogen) atoms. The van der Waals surface area contributed by atoms with Crippen LogP contribution in [0.25, 0.3) is 51.1 Å². The molecule has 0 saturated carbocycles. The predicted molar refractivity (Wildman–Crippen MR) is 164 cm³/mol. The van der Waals surface area contributed by atoms with Crippen molar-refractivity contribution in [2.45, 2.75) is 0 Å². The molecule has 0 aliphatic heterocycles. The van der Waals surface area contributed by atoms with Crippen LogP contribution < -0.4 is 4.90 Å². The summed E-state index contributed by atoms with van der Waals surface area (Å²) in [5.41, 5.74) is 3.56. The first-order valence-electron chi connectivity index (χ1n) is 12.4. The minimum Gasteiger partial charge on any atom is -0.309 e. The maximum atomic E-state index is 2.42. The van der Waals surface area contributed by atoms with Crippen molar-refractivity contribution in [3.63, 3.8) is 0 Å². The van der Waals surface area contributed by atoms with E-state index in [9.17, 15) is 0 Å². The van der Waals surface area contributed by atoms with Gasteiger partial charge in [-0.05, 0) is 47.2 Å². The first-order valence-corrected chi connectivity index (χ1v) is 14.1. The van der Waals surface area contributed by atoms with E-state index in [1.54, 1.807) is 0 Å². The molecule has 3 heteroatoms. The standard InChI is InChI=1S/C34H21NS2/c1-2-10-23(11-3-1)35(24-18-20-27-26-13-6-7-16-31(26)36-32(27)21-24)30-15-8-14-28-29-19-17-22-9-4-5-12-25(22)33(29)37-34(28)30/h1-21H. The van der Waals surface area contributed by atoms with Gasteiger partial charge in [-0.15, -0.1) is 22.7 Å². The molecule has 0 unspecified atom stereocenters. The normalized spacial score (nSPS) is 11.8. The second-order valence-corrected chi connectivity index (χ2v) is 11.5. The zero-order valence-corrected chi connectivity index (χ0v) is 21.5. The largest absolute Gasteiger partial charge is 0.309 e. The van der Waals surface area contributed by atoms with E-state index < -0.39 is 0 Å². The Kier molecular flexibility index (Phi) is 4.63. The summed E-state index contributed by atoms with van der Waals surface area (Å²) >= 11 is 3.77. The van der Waals surface area contributed by atoms with Crippen LogP contribution in [0.3, 0.4) is 0 Å². The number of hydrogen-bond donors (Lipinski definition) is 0. The van der Waals surface area contributed by atoms with E-state index in [1.165, 1.54) is 62.5 Å². The van der Waals surface area contributed by atoms with Crippen LogP contribution in [0.15, 0.2) is 127 Å². The summed E-state index contributed by atoms with van der Waals surface area (Å²) in [6.07, 6.45) is 0. The molecule has 8 aromatic rings. The van der Waals surface area contributed by atoms with Gasteiger partial charge in [0.2, 0.25) is 0 Å². The molecule has 174 valence electrons. The van der Waals surface area contributed by atoms with Crippen LogP contribution in [-0.4, -0.2) is 0 Å². The SMILES string of the molecule is c1ccc(N(c2ccc3c(c2)sc2ccccc23)c2cccc3c2sc2c4ccccc4ccc32)cc1. The first kappa shape index (κ1) is 21.0. The number of fused-ring (bicyclic) bond motifs is 8. The highest BCUT2D eigenvalue weighted by Gasteiger charge is 2.19. The summed E-state index contributed by atoms with van der Waals surface area (Å²) < 4.78 is 5.32. The highest BCUT2D eigenvalue weighted by atomic mass is 32.1. The number of rotatable bonds is 3. The van der Waals surface area contributed by atoms with Gasteiger partial charge in [0.15, 0.2) is 0 Å². The van der Waals surface area contributed by atoms with Crippen molar-refractivity contribution in [3.05, 3.63) is 127 Å². The van der Waals surface area contributed by atoms with Crippen molar-refractivity contribution in [1.29, 1.82) is 0 Å². The molecule has 0 aliphatic carbocycles. The molecular weight excluding hydrogens is 487 g/mol. The monoisotopic (exact) mass is 507 g/mol. The lowest BCUT2D eigenvalue weighted by molar-refractivity contribution is 1.31. The Balaban J connectivity index is 1.42. The zero-order chi connectivity index (χ0) is 24.3. The Morgan fingerprint density at radius 2 is 1.11 bits per heavy atom. The lowest BCUT2D eigenvalue weighted by Crippen LogP contribution is -2.09. The van der Waals surface area contributed by atoms with Gasteiger partial charge in [0, 0.05) is 47.0 Å². The second-order valence-electron chi connectivity index (χ2n) is 9.37. The molecular formula is C34H21NS2. The maximum absolute atomic E-state index is 2.42. The van der Waals surface area contributed by atoms with Crippen LogP contribution in [0.4, 0.5) is 17.1 Å². The summed E-state index contributed by atoms with van der Waals surface area (Å²) in [6.45, 7) is 0. The number of benzene rings is 6. The molecule has 0 aliphatic rings. The van der Waals surface area contributed by atoms with Gasteiger partial charge in [-0.3, -0.25) is 0 Å². The average molecular weight is 508 g/mol. The maximum Gasteiger partial charge on any atom is 0.0640 e. The minimum absolute atomic E-state index is 1.16.